The lowest BCUT2D eigenvalue weighted by Crippen LogP contribution is -2.10. The third kappa shape index (κ3) is 4.78. The van der Waals surface area contributed by atoms with E-state index >= 15 is 0 Å². The Morgan fingerprint density at radius 3 is 1.68 bits per heavy atom. The van der Waals surface area contributed by atoms with Gasteiger partial charge < -0.3 is 13.6 Å². The van der Waals surface area contributed by atoms with E-state index in [2.05, 4.69) is 198 Å². The zero-order valence-corrected chi connectivity index (χ0v) is 33.1. The first kappa shape index (κ1) is 33.4. The molecule has 0 radical (unpaired) electrons. The van der Waals surface area contributed by atoms with Crippen LogP contribution in [0.1, 0.15) is 24.0 Å². The first-order chi connectivity index (χ1) is 29.7. The van der Waals surface area contributed by atoms with Gasteiger partial charge in [0.05, 0.1) is 22.1 Å². The summed E-state index contributed by atoms with van der Waals surface area (Å²) in [4.78, 5) is 0. The Morgan fingerprint density at radius 1 is 0.400 bits per heavy atom. The highest BCUT2D eigenvalue weighted by Gasteiger charge is 2.30. The van der Waals surface area contributed by atoms with Gasteiger partial charge in [-0.2, -0.15) is 0 Å². The highest BCUT2D eigenvalue weighted by molar-refractivity contribution is 6.16. The number of hydrogen-bond acceptors (Lipinski definition) is 1. The van der Waals surface area contributed by atoms with Crippen molar-refractivity contribution >= 4 is 65.6 Å². The monoisotopic (exact) mass is 766 g/mol. The van der Waals surface area contributed by atoms with Gasteiger partial charge in [-0.05, 0) is 124 Å². The van der Waals surface area contributed by atoms with Crippen molar-refractivity contribution in [1.29, 1.82) is 0 Å². The van der Waals surface area contributed by atoms with E-state index < -0.39 is 0 Å². The fourth-order valence-corrected chi connectivity index (χ4v) is 10.6. The number of hydrogen-bond donors (Lipinski definition) is 0. The summed E-state index contributed by atoms with van der Waals surface area (Å²) in [6.45, 7) is 2.44. The average Bonchev–Trinajstić information content (AvgIpc) is 3.97. The van der Waals surface area contributed by atoms with Crippen LogP contribution in [0.25, 0.3) is 110 Å². The standard InChI is InChI=1S/C57H38N2O/c1-35-31-48-42(44-27-29-52-57(55(35)44)46-21-6-9-23-50(46)59(52)40-17-11-15-37(32-40)36-13-3-2-4-14-36)26-28-51-56(48)45-20-5-8-22-49(45)58(51)41-18-12-16-38(33-41)39-25-30-54-47(34-39)43-19-7-10-24-53(43)60-54/h2-30,32-35H,31H2,1H3. The van der Waals surface area contributed by atoms with Crippen molar-refractivity contribution in [1.82, 2.24) is 9.13 Å². The number of aromatic nitrogens is 2. The maximum atomic E-state index is 6.17. The molecule has 0 N–H and O–H groups in total. The molecule has 3 aromatic heterocycles. The van der Waals surface area contributed by atoms with Crippen LogP contribution in [-0.2, 0) is 6.42 Å². The number of nitrogens with zero attached hydrogens (tertiary/aromatic N) is 2. The fourth-order valence-electron chi connectivity index (χ4n) is 10.6. The molecule has 1 unspecified atom stereocenters. The van der Waals surface area contributed by atoms with Gasteiger partial charge in [0.1, 0.15) is 11.2 Å². The molecule has 60 heavy (non-hydrogen) atoms. The summed E-state index contributed by atoms with van der Waals surface area (Å²) >= 11 is 0. The molecule has 0 saturated heterocycles. The third-order valence-corrected chi connectivity index (χ3v) is 13.1. The predicted octanol–water partition coefficient (Wildman–Crippen LogP) is 15.4. The normalized spacial score (nSPS) is 13.8. The van der Waals surface area contributed by atoms with Gasteiger partial charge in [-0.1, -0.05) is 134 Å². The van der Waals surface area contributed by atoms with Gasteiger partial charge in [-0.15, -0.1) is 0 Å². The van der Waals surface area contributed by atoms with E-state index in [0.29, 0.717) is 5.92 Å². The van der Waals surface area contributed by atoms with E-state index in [9.17, 15) is 0 Å². The Morgan fingerprint density at radius 2 is 0.950 bits per heavy atom. The molecule has 3 nitrogen and oxygen atoms in total. The first-order valence-corrected chi connectivity index (χ1v) is 21.0. The molecular weight excluding hydrogens is 729 g/mol. The number of benzene rings is 9. The van der Waals surface area contributed by atoms with Gasteiger partial charge in [0.15, 0.2) is 0 Å². The first-order valence-electron chi connectivity index (χ1n) is 21.0. The highest BCUT2D eigenvalue weighted by atomic mass is 16.3. The molecular formula is C57H38N2O. The highest BCUT2D eigenvalue weighted by Crippen LogP contribution is 2.50. The minimum atomic E-state index is 0.316. The predicted molar refractivity (Wildman–Crippen MR) is 251 cm³/mol. The van der Waals surface area contributed by atoms with E-state index in [1.165, 1.54) is 93.8 Å². The molecule has 0 saturated carbocycles. The summed E-state index contributed by atoms with van der Waals surface area (Å²) in [5.41, 5.74) is 19.5. The molecule has 1 aliphatic carbocycles. The van der Waals surface area contributed by atoms with Crippen LogP contribution in [0.3, 0.4) is 0 Å². The molecule has 13 rings (SSSR count). The summed E-state index contributed by atoms with van der Waals surface area (Å²) < 4.78 is 11.1. The van der Waals surface area contributed by atoms with Gasteiger partial charge in [-0.25, -0.2) is 0 Å². The van der Waals surface area contributed by atoms with Crippen LogP contribution < -0.4 is 0 Å². The van der Waals surface area contributed by atoms with Crippen LogP contribution in [0.2, 0.25) is 0 Å². The molecule has 3 heteroatoms. The smallest absolute Gasteiger partial charge is 0.135 e. The van der Waals surface area contributed by atoms with Crippen molar-refractivity contribution in [2.24, 2.45) is 0 Å². The van der Waals surface area contributed by atoms with Crippen molar-refractivity contribution in [3.63, 3.8) is 0 Å². The molecule has 12 aromatic rings. The quantitative estimate of drug-likeness (QED) is 0.175. The molecule has 282 valence electrons. The maximum absolute atomic E-state index is 6.17. The van der Waals surface area contributed by atoms with Gasteiger partial charge in [0.2, 0.25) is 0 Å². The van der Waals surface area contributed by atoms with Crippen molar-refractivity contribution in [3.05, 3.63) is 205 Å². The second-order valence-corrected chi connectivity index (χ2v) is 16.5. The van der Waals surface area contributed by atoms with Gasteiger partial charge in [-0.3, -0.25) is 0 Å². The Labute approximate surface area is 347 Å². The molecule has 9 aromatic carbocycles. The molecule has 0 bridgehead atoms. The van der Waals surface area contributed by atoms with Gasteiger partial charge in [0, 0.05) is 43.7 Å². The van der Waals surface area contributed by atoms with Crippen molar-refractivity contribution in [2.45, 2.75) is 19.3 Å². The van der Waals surface area contributed by atoms with Crippen molar-refractivity contribution < 1.29 is 4.42 Å². The van der Waals surface area contributed by atoms with E-state index in [0.717, 1.165) is 34.0 Å². The van der Waals surface area contributed by atoms with Crippen LogP contribution in [0.4, 0.5) is 0 Å². The molecule has 3 heterocycles. The van der Waals surface area contributed by atoms with Crippen LogP contribution in [0.15, 0.2) is 199 Å². The zero-order chi connectivity index (χ0) is 39.5. The van der Waals surface area contributed by atoms with Crippen LogP contribution in [0, 0.1) is 0 Å². The maximum Gasteiger partial charge on any atom is 0.135 e. The summed E-state index contributed by atoms with van der Waals surface area (Å²) in [7, 11) is 0. The minimum Gasteiger partial charge on any atom is -0.456 e. The topological polar surface area (TPSA) is 23.0 Å². The molecule has 0 fully saturated rings. The van der Waals surface area contributed by atoms with Crippen LogP contribution in [0.5, 0.6) is 0 Å². The van der Waals surface area contributed by atoms with Crippen LogP contribution in [-0.4, -0.2) is 9.13 Å². The minimum absolute atomic E-state index is 0.316. The number of fused-ring (bicyclic) bond motifs is 14. The Bertz CT molecular complexity index is 3710. The summed E-state index contributed by atoms with van der Waals surface area (Å²) in [5, 5.41) is 7.62. The lowest BCUT2D eigenvalue weighted by molar-refractivity contribution is 0.669. The number of rotatable bonds is 4. The Kier molecular flexibility index (Phi) is 7.06. The van der Waals surface area contributed by atoms with Gasteiger partial charge in [0.25, 0.3) is 0 Å². The summed E-state index contributed by atoms with van der Waals surface area (Å²) in [6.07, 6.45) is 0.967. The van der Waals surface area contributed by atoms with E-state index in [-0.39, 0.29) is 0 Å². The van der Waals surface area contributed by atoms with E-state index in [4.69, 9.17) is 4.42 Å². The summed E-state index contributed by atoms with van der Waals surface area (Å²) in [5.74, 6) is 0.316. The molecule has 0 aliphatic heterocycles. The molecule has 1 atom stereocenters. The van der Waals surface area contributed by atoms with Crippen LogP contribution >= 0.6 is 0 Å². The SMILES string of the molecule is CC1Cc2c(ccc3c2c2ccccc2n3-c2cccc(-c3ccc4oc5ccccc5c4c3)c2)-c2ccc3c(c21)c1ccccc1n3-c1cccc(-c2ccccc2)c1. The second kappa shape index (κ2) is 12.7. The van der Waals surface area contributed by atoms with Gasteiger partial charge >= 0.3 is 0 Å². The van der Waals surface area contributed by atoms with Crippen molar-refractivity contribution in [2.75, 3.05) is 0 Å². The van der Waals surface area contributed by atoms with Crippen molar-refractivity contribution in [3.8, 4) is 44.8 Å². The largest absolute Gasteiger partial charge is 0.456 e. The molecule has 1 aliphatic rings. The van der Waals surface area contributed by atoms with E-state index in [1.807, 2.05) is 12.1 Å². The number of furan rings is 1. The Balaban J connectivity index is 0.987. The Hall–Kier alpha value is -7.62. The fraction of sp³-hybridized carbons (Fsp3) is 0.0526. The lowest BCUT2D eigenvalue weighted by atomic mass is 9.76. The third-order valence-electron chi connectivity index (χ3n) is 13.1. The van der Waals surface area contributed by atoms with E-state index in [1.54, 1.807) is 0 Å². The zero-order valence-electron chi connectivity index (χ0n) is 33.1. The molecule has 0 amide bonds. The lowest BCUT2D eigenvalue weighted by Gasteiger charge is -2.27. The average molecular weight is 767 g/mol. The molecule has 0 spiro atoms. The second-order valence-electron chi connectivity index (χ2n) is 16.5. The summed E-state index contributed by atoms with van der Waals surface area (Å²) in [6, 6.07) is 71.0. The number of para-hydroxylation sites is 3.